The van der Waals surface area contributed by atoms with Gasteiger partial charge in [0, 0.05) is 4.88 Å². The van der Waals surface area contributed by atoms with Gasteiger partial charge in [-0.05, 0) is 54.5 Å². The number of benzene rings is 2. The Bertz CT molecular complexity index is 1080. The molecule has 2 aromatic carbocycles. The van der Waals surface area contributed by atoms with Crippen LogP contribution in [0.2, 0.25) is 0 Å². The number of anilines is 1. The van der Waals surface area contributed by atoms with E-state index in [0.717, 1.165) is 41.0 Å². The molecule has 0 unspecified atom stereocenters. The van der Waals surface area contributed by atoms with Gasteiger partial charge < -0.3 is 20.1 Å². The van der Waals surface area contributed by atoms with E-state index in [4.69, 9.17) is 9.47 Å². The van der Waals surface area contributed by atoms with Gasteiger partial charge in [-0.15, -0.1) is 11.3 Å². The van der Waals surface area contributed by atoms with Crippen LogP contribution >= 0.6 is 11.3 Å². The van der Waals surface area contributed by atoms with Crippen molar-refractivity contribution >= 4 is 22.2 Å². The van der Waals surface area contributed by atoms with Gasteiger partial charge >= 0.3 is 0 Å². The molecule has 0 fully saturated rings. The second-order valence-corrected chi connectivity index (χ2v) is 8.76. The molecule has 0 saturated heterocycles. The first-order valence-electron chi connectivity index (χ1n) is 10.3. The third-order valence-corrected chi connectivity index (χ3v) is 6.93. The quantitative estimate of drug-likeness (QED) is 0.605. The van der Waals surface area contributed by atoms with Gasteiger partial charge in [0.15, 0.2) is 11.5 Å². The number of nitrogens with one attached hydrogen (secondary N) is 2. The highest BCUT2D eigenvalue weighted by molar-refractivity contribution is 7.16. The summed E-state index contributed by atoms with van der Waals surface area (Å²) in [6, 6.07) is 15.8. The molecule has 2 aliphatic rings. The Labute approximate surface area is 180 Å². The second-order valence-electron chi connectivity index (χ2n) is 7.65. The zero-order valence-corrected chi connectivity index (χ0v) is 17.7. The van der Waals surface area contributed by atoms with E-state index in [2.05, 4.69) is 10.6 Å². The number of rotatable bonds is 5. The standard InChI is InChI=1S/C24H24N2O3S/c1-28-19-13-16(11-12-18(19)29-14-15-7-3-2-4-8-15)22-25-23(27)21-17-9-5-6-10-20(17)30-24(21)26-22/h2-4,7-8,11-13,22,26H,5-6,9-10,14H2,1H3,(H,25,27)/t22-/m1/s1. The molecule has 3 aromatic rings. The van der Waals surface area contributed by atoms with Gasteiger partial charge in [0.2, 0.25) is 0 Å². The smallest absolute Gasteiger partial charge is 0.256 e. The van der Waals surface area contributed by atoms with Crippen molar-refractivity contribution in [1.82, 2.24) is 5.32 Å². The van der Waals surface area contributed by atoms with Crippen LogP contribution in [0.15, 0.2) is 48.5 Å². The van der Waals surface area contributed by atoms with Crippen LogP contribution < -0.4 is 20.1 Å². The van der Waals surface area contributed by atoms with E-state index in [9.17, 15) is 4.79 Å². The largest absolute Gasteiger partial charge is 0.493 e. The minimum Gasteiger partial charge on any atom is -0.493 e. The van der Waals surface area contributed by atoms with E-state index < -0.39 is 0 Å². The fourth-order valence-electron chi connectivity index (χ4n) is 4.16. The van der Waals surface area contributed by atoms with E-state index in [0.29, 0.717) is 18.1 Å². The number of aryl methyl sites for hydroxylation is 1. The third kappa shape index (κ3) is 3.52. The van der Waals surface area contributed by atoms with E-state index >= 15 is 0 Å². The van der Waals surface area contributed by atoms with Crippen LogP contribution in [0.25, 0.3) is 0 Å². The van der Waals surface area contributed by atoms with Crippen molar-refractivity contribution in [2.45, 2.75) is 38.5 Å². The van der Waals surface area contributed by atoms with Gasteiger partial charge in [0.05, 0.1) is 12.7 Å². The molecule has 2 N–H and O–H groups in total. The summed E-state index contributed by atoms with van der Waals surface area (Å²) >= 11 is 1.73. The molecule has 0 bridgehead atoms. The molecule has 0 radical (unpaired) electrons. The molecule has 30 heavy (non-hydrogen) atoms. The van der Waals surface area contributed by atoms with Gasteiger partial charge in [0.25, 0.3) is 5.91 Å². The van der Waals surface area contributed by atoms with Crippen LogP contribution in [0.3, 0.4) is 0 Å². The molecule has 5 nitrogen and oxygen atoms in total. The Morgan fingerprint density at radius 3 is 2.70 bits per heavy atom. The number of hydrogen-bond acceptors (Lipinski definition) is 5. The van der Waals surface area contributed by atoms with Crippen molar-refractivity contribution in [2.75, 3.05) is 12.4 Å². The Kier molecular flexibility index (Phi) is 5.09. The first-order valence-corrected chi connectivity index (χ1v) is 11.1. The summed E-state index contributed by atoms with van der Waals surface area (Å²) in [5.74, 6) is 1.34. The van der Waals surface area contributed by atoms with Crippen LogP contribution in [0.1, 0.15) is 50.9 Å². The number of carbonyl (C=O) groups is 1. The van der Waals surface area contributed by atoms with E-state index in [-0.39, 0.29) is 12.1 Å². The maximum absolute atomic E-state index is 12.9. The molecule has 154 valence electrons. The summed E-state index contributed by atoms with van der Waals surface area (Å²) in [5, 5.41) is 7.62. The van der Waals surface area contributed by atoms with E-state index in [1.807, 2.05) is 48.5 Å². The predicted molar refractivity (Wildman–Crippen MR) is 119 cm³/mol. The highest BCUT2D eigenvalue weighted by Gasteiger charge is 2.32. The minimum atomic E-state index is -0.290. The Morgan fingerprint density at radius 1 is 1.03 bits per heavy atom. The summed E-state index contributed by atoms with van der Waals surface area (Å²) in [6.07, 6.45) is 4.16. The van der Waals surface area contributed by atoms with Crippen molar-refractivity contribution < 1.29 is 14.3 Å². The highest BCUT2D eigenvalue weighted by Crippen LogP contribution is 2.42. The van der Waals surface area contributed by atoms with E-state index in [1.54, 1.807) is 18.4 Å². The monoisotopic (exact) mass is 420 g/mol. The summed E-state index contributed by atoms with van der Waals surface area (Å²) in [7, 11) is 1.63. The Balaban J connectivity index is 1.37. The van der Waals surface area contributed by atoms with Crippen LogP contribution in [-0.2, 0) is 19.4 Å². The molecule has 1 aliphatic carbocycles. The molecule has 1 aromatic heterocycles. The fourth-order valence-corrected chi connectivity index (χ4v) is 5.48. The summed E-state index contributed by atoms with van der Waals surface area (Å²) in [5.41, 5.74) is 4.12. The molecule has 6 heteroatoms. The van der Waals surface area contributed by atoms with Crippen molar-refractivity contribution in [3.63, 3.8) is 0 Å². The molecule has 2 heterocycles. The molecule has 1 amide bonds. The number of amides is 1. The lowest BCUT2D eigenvalue weighted by Gasteiger charge is -2.27. The Hall–Kier alpha value is -2.99. The Morgan fingerprint density at radius 2 is 1.87 bits per heavy atom. The number of hydrogen-bond donors (Lipinski definition) is 2. The first kappa shape index (κ1) is 19.0. The summed E-state index contributed by atoms with van der Waals surface area (Å²) < 4.78 is 11.5. The average Bonchev–Trinajstić information content (AvgIpc) is 3.17. The number of ether oxygens (including phenoxy) is 2. The van der Waals surface area contributed by atoms with Crippen molar-refractivity contribution in [3.8, 4) is 11.5 Å². The lowest BCUT2D eigenvalue weighted by atomic mass is 9.94. The van der Waals surface area contributed by atoms with Gasteiger partial charge in [-0.3, -0.25) is 4.79 Å². The molecular formula is C24H24N2O3S. The maximum atomic E-state index is 12.9. The third-order valence-electron chi connectivity index (χ3n) is 5.71. The molecule has 0 spiro atoms. The van der Waals surface area contributed by atoms with Crippen LogP contribution in [0.4, 0.5) is 5.00 Å². The number of methoxy groups -OCH3 is 1. The number of fused-ring (bicyclic) bond motifs is 3. The lowest BCUT2D eigenvalue weighted by Crippen LogP contribution is -2.38. The van der Waals surface area contributed by atoms with Crippen molar-refractivity contribution in [2.24, 2.45) is 0 Å². The SMILES string of the molecule is COc1cc([C@@H]2NC(=O)c3c(sc4c3CCCC4)N2)ccc1OCc1ccccc1. The van der Waals surface area contributed by atoms with Crippen LogP contribution in [-0.4, -0.2) is 13.0 Å². The topological polar surface area (TPSA) is 59.6 Å². The summed E-state index contributed by atoms with van der Waals surface area (Å²) in [4.78, 5) is 14.2. The first-order chi connectivity index (χ1) is 14.7. The van der Waals surface area contributed by atoms with Gasteiger partial charge in [-0.25, -0.2) is 0 Å². The number of carbonyl (C=O) groups excluding carboxylic acids is 1. The lowest BCUT2D eigenvalue weighted by molar-refractivity contribution is 0.0935. The molecule has 1 aliphatic heterocycles. The molecule has 5 rings (SSSR count). The van der Waals surface area contributed by atoms with Crippen LogP contribution in [0.5, 0.6) is 11.5 Å². The number of thiophene rings is 1. The normalized spacial score (nSPS) is 17.4. The average molecular weight is 421 g/mol. The highest BCUT2D eigenvalue weighted by atomic mass is 32.1. The minimum absolute atomic E-state index is 0.0107. The van der Waals surface area contributed by atoms with E-state index in [1.165, 1.54) is 16.9 Å². The molecular weight excluding hydrogens is 396 g/mol. The zero-order chi connectivity index (χ0) is 20.5. The summed E-state index contributed by atoms with van der Waals surface area (Å²) in [6.45, 7) is 0.471. The van der Waals surface area contributed by atoms with Crippen molar-refractivity contribution in [1.29, 1.82) is 0 Å². The van der Waals surface area contributed by atoms with Gasteiger partial charge in [0.1, 0.15) is 17.8 Å². The fraction of sp³-hybridized carbons (Fsp3) is 0.292. The molecule has 1 atom stereocenters. The molecule has 0 saturated carbocycles. The van der Waals surface area contributed by atoms with Gasteiger partial charge in [-0.2, -0.15) is 0 Å². The van der Waals surface area contributed by atoms with Gasteiger partial charge in [-0.1, -0.05) is 36.4 Å². The predicted octanol–water partition coefficient (Wildman–Crippen LogP) is 5.07. The zero-order valence-electron chi connectivity index (χ0n) is 16.9. The second kappa shape index (κ2) is 8.03. The van der Waals surface area contributed by atoms with Crippen LogP contribution in [0, 0.1) is 0 Å². The maximum Gasteiger partial charge on any atom is 0.256 e. The van der Waals surface area contributed by atoms with Crippen molar-refractivity contribution in [3.05, 3.63) is 75.7 Å².